The lowest BCUT2D eigenvalue weighted by molar-refractivity contribution is -0.109. The molecule has 0 amide bonds. The molecule has 16 heavy (non-hydrogen) atoms. The van der Waals surface area contributed by atoms with Crippen molar-refractivity contribution in [3.05, 3.63) is 28.0 Å². The van der Waals surface area contributed by atoms with Crippen LogP contribution in [0.4, 0.5) is 0 Å². The molecule has 1 aliphatic heterocycles. The van der Waals surface area contributed by atoms with Gasteiger partial charge in [0.2, 0.25) is 0 Å². The number of rotatable bonds is 2. The lowest BCUT2D eigenvalue weighted by Gasteiger charge is -2.24. The molecular formula is C12H15NOS2. The van der Waals surface area contributed by atoms with Crippen molar-refractivity contribution in [1.29, 1.82) is 0 Å². The number of carbonyl (C=O) groups excluding carboxylic acids is 1. The molecule has 0 aromatic carbocycles. The SMILES string of the molecule is CC(=O)SC1CCNC/C1=C/c1cccs1. The fraction of sp³-hybridized carbons (Fsp3) is 0.417. The van der Waals surface area contributed by atoms with E-state index >= 15 is 0 Å². The van der Waals surface area contributed by atoms with E-state index in [2.05, 4.69) is 28.9 Å². The quantitative estimate of drug-likeness (QED) is 0.878. The van der Waals surface area contributed by atoms with Crippen LogP contribution in [0.5, 0.6) is 0 Å². The second-order valence-electron chi connectivity index (χ2n) is 3.80. The molecule has 1 saturated heterocycles. The normalized spacial score (nSPS) is 23.6. The molecule has 1 fully saturated rings. The molecule has 0 radical (unpaired) electrons. The van der Waals surface area contributed by atoms with Crippen LogP contribution in [0.25, 0.3) is 6.08 Å². The van der Waals surface area contributed by atoms with Crippen molar-refractivity contribution in [2.75, 3.05) is 13.1 Å². The van der Waals surface area contributed by atoms with Gasteiger partial charge in [-0.05, 0) is 36.1 Å². The first kappa shape index (κ1) is 11.9. The molecule has 1 aromatic heterocycles. The summed E-state index contributed by atoms with van der Waals surface area (Å²) < 4.78 is 0. The van der Waals surface area contributed by atoms with Crippen molar-refractivity contribution in [1.82, 2.24) is 5.32 Å². The van der Waals surface area contributed by atoms with E-state index in [-0.39, 0.29) is 5.12 Å². The minimum atomic E-state index is 0.212. The number of thioether (sulfide) groups is 1. The minimum absolute atomic E-state index is 0.212. The first-order chi connectivity index (χ1) is 7.75. The standard InChI is InChI=1S/C12H15NOS2/c1-9(14)16-12-4-5-13-8-10(12)7-11-3-2-6-15-11/h2-3,6-7,12-13H,4-5,8H2,1H3/b10-7-. The maximum atomic E-state index is 11.2. The highest BCUT2D eigenvalue weighted by atomic mass is 32.2. The van der Waals surface area contributed by atoms with Crippen LogP contribution in [0.2, 0.25) is 0 Å². The predicted molar refractivity (Wildman–Crippen MR) is 71.8 cm³/mol. The van der Waals surface area contributed by atoms with Crippen LogP contribution in [0.15, 0.2) is 23.1 Å². The van der Waals surface area contributed by atoms with Crippen molar-refractivity contribution >= 4 is 34.3 Å². The smallest absolute Gasteiger partial charge is 0.186 e. The van der Waals surface area contributed by atoms with Crippen LogP contribution in [-0.2, 0) is 4.79 Å². The van der Waals surface area contributed by atoms with E-state index < -0.39 is 0 Å². The summed E-state index contributed by atoms with van der Waals surface area (Å²) in [6, 6.07) is 4.17. The zero-order valence-electron chi connectivity index (χ0n) is 9.23. The summed E-state index contributed by atoms with van der Waals surface area (Å²) in [5.74, 6) is 0. The van der Waals surface area contributed by atoms with Gasteiger partial charge in [-0.15, -0.1) is 11.3 Å². The molecule has 2 heterocycles. The van der Waals surface area contributed by atoms with Crippen LogP contribution >= 0.6 is 23.1 Å². The predicted octanol–water partition coefficient (Wildman–Crippen LogP) is 2.77. The maximum absolute atomic E-state index is 11.2. The van der Waals surface area contributed by atoms with Gasteiger partial charge in [-0.2, -0.15) is 0 Å². The molecule has 2 rings (SSSR count). The largest absolute Gasteiger partial charge is 0.313 e. The molecule has 0 saturated carbocycles. The van der Waals surface area contributed by atoms with Crippen molar-refractivity contribution < 1.29 is 4.79 Å². The van der Waals surface area contributed by atoms with Crippen molar-refractivity contribution in [2.45, 2.75) is 18.6 Å². The van der Waals surface area contributed by atoms with E-state index in [4.69, 9.17) is 0 Å². The first-order valence-electron chi connectivity index (χ1n) is 5.37. The second-order valence-corrected chi connectivity index (χ2v) is 6.16. The van der Waals surface area contributed by atoms with Crippen LogP contribution in [-0.4, -0.2) is 23.5 Å². The fourth-order valence-corrected chi connectivity index (χ4v) is 3.43. The van der Waals surface area contributed by atoms with Gasteiger partial charge in [-0.3, -0.25) is 4.79 Å². The lowest BCUT2D eigenvalue weighted by Crippen LogP contribution is -2.32. The Labute approximate surface area is 104 Å². The Morgan fingerprint density at radius 1 is 1.69 bits per heavy atom. The molecule has 86 valence electrons. The molecule has 1 aliphatic rings. The molecule has 1 atom stereocenters. The number of hydrogen-bond donors (Lipinski definition) is 1. The van der Waals surface area contributed by atoms with E-state index in [0.717, 1.165) is 19.5 Å². The summed E-state index contributed by atoms with van der Waals surface area (Å²) >= 11 is 3.20. The highest BCUT2D eigenvalue weighted by Crippen LogP contribution is 2.27. The van der Waals surface area contributed by atoms with Gasteiger partial charge in [-0.25, -0.2) is 0 Å². The van der Waals surface area contributed by atoms with Gasteiger partial charge < -0.3 is 5.32 Å². The molecule has 0 aliphatic carbocycles. The number of hydrogen-bond acceptors (Lipinski definition) is 4. The van der Waals surface area contributed by atoms with Crippen molar-refractivity contribution in [3.63, 3.8) is 0 Å². The van der Waals surface area contributed by atoms with Crippen molar-refractivity contribution in [3.8, 4) is 0 Å². The fourth-order valence-electron chi connectivity index (χ4n) is 1.80. The van der Waals surface area contributed by atoms with Gasteiger partial charge in [0.25, 0.3) is 0 Å². The monoisotopic (exact) mass is 253 g/mol. The van der Waals surface area contributed by atoms with E-state index in [1.165, 1.54) is 22.2 Å². The van der Waals surface area contributed by atoms with Gasteiger partial charge in [0, 0.05) is 23.6 Å². The number of carbonyl (C=O) groups is 1. The molecule has 1 N–H and O–H groups in total. The van der Waals surface area contributed by atoms with E-state index in [1.54, 1.807) is 18.3 Å². The number of thiophene rings is 1. The van der Waals surface area contributed by atoms with Crippen molar-refractivity contribution in [2.24, 2.45) is 0 Å². The Morgan fingerprint density at radius 2 is 2.56 bits per heavy atom. The summed E-state index contributed by atoms with van der Waals surface area (Å²) in [6.07, 6.45) is 3.26. The third kappa shape index (κ3) is 3.20. The van der Waals surface area contributed by atoms with Gasteiger partial charge in [-0.1, -0.05) is 17.8 Å². The molecule has 1 unspecified atom stereocenters. The zero-order valence-corrected chi connectivity index (χ0v) is 10.9. The van der Waals surface area contributed by atoms with Gasteiger partial charge in [0.1, 0.15) is 0 Å². The topological polar surface area (TPSA) is 29.1 Å². The number of nitrogens with one attached hydrogen (secondary N) is 1. The summed E-state index contributed by atoms with van der Waals surface area (Å²) in [4.78, 5) is 12.4. The second kappa shape index (κ2) is 5.66. The molecule has 2 nitrogen and oxygen atoms in total. The first-order valence-corrected chi connectivity index (χ1v) is 7.13. The third-order valence-electron chi connectivity index (χ3n) is 2.51. The average molecular weight is 253 g/mol. The average Bonchev–Trinajstić information content (AvgIpc) is 2.73. The Bertz CT molecular complexity index is 384. The van der Waals surface area contributed by atoms with Gasteiger partial charge in [0.05, 0.1) is 0 Å². The highest BCUT2D eigenvalue weighted by molar-refractivity contribution is 8.14. The zero-order chi connectivity index (χ0) is 11.4. The molecular weight excluding hydrogens is 238 g/mol. The van der Waals surface area contributed by atoms with E-state index in [9.17, 15) is 4.79 Å². The summed E-state index contributed by atoms with van der Waals surface area (Å²) in [6.45, 7) is 3.56. The Kier molecular flexibility index (Phi) is 4.21. The molecule has 0 spiro atoms. The highest BCUT2D eigenvalue weighted by Gasteiger charge is 2.20. The van der Waals surface area contributed by atoms with Crippen LogP contribution < -0.4 is 5.32 Å². The van der Waals surface area contributed by atoms with E-state index in [0.29, 0.717) is 5.25 Å². The summed E-state index contributed by atoms with van der Waals surface area (Å²) in [7, 11) is 0. The minimum Gasteiger partial charge on any atom is -0.313 e. The molecule has 1 aromatic rings. The summed E-state index contributed by atoms with van der Waals surface area (Å²) in [5, 5.41) is 6.02. The molecule has 4 heteroatoms. The van der Waals surface area contributed by atoms with Crippen LogP contribution in [0.1, 0.15) is 18.2 Å². The number of piperidine rings is 1. The molecule has 0 bridgehead atoms. The Balaban J connectivity index is 2.12. The maximum Gasteiger partial charge on any atom is 0.186 e. The van der Waals surface area contributed by atoms with Crippen LogP contribution in [0, 0.1) is 0 Å². The summed E-state index contributed by atoms with van der Waals surface area (Å²) in [5.41, 5.74) is 1.34. The third-order valence-corrected chi connectivity index (χ3v) is 4.48. The van der Waals surface area contributed by atoms with E-state index in [1.807, 2.05) is 0 Å². The van der Waals surface area contributed by atoms with Gasteiger partial charge >= 0.3 is 0 Å². The Morgan fingerprint density at radius 3 is 3.25 bits per heavy atom. The van der Waals surface area contributed by atoms with Gasteiger partial charge in [0.15, 0.2) is 5.12 Å². The van der Waals surface area contributed by atoms with Crippen LogP contribution in [0.3, 0.4) is 0 Å². The Hall–Kier alpha value is -0.580. The lowest BCUT2D eigenvalue weighted by atomic mass is 10.1.